The number of anilines is 2. The number of aromatic nitrogens is 1. The summed E-state index contributed by atoms with van der Waals surface area (Å²) >= 11 is 0. The summed E-state index contributed by atoms with van der Waals surface area (Å²) in [7, 11) is 0. The van der Waals surface area contributed by atoms with Crippen LogP contribution in [0.1, 0.15) is 43.0 Å². The van der Waals surface area contributed by atoms with Crippen LogP contribution in [0, 0.1) is 17.1 Å². The monoisotopic (exact) mass is 397 g/mol. The van der Waals surface area contributed by atoms with Gasteiger partial charge >= 0.3 is 6.03 Å². The number of fused-ring (bicyclic) bond motifs is 1. The molecule has 1 atom stereocenters. The second-order valence-electron chi connectivity index (χ2n) is 7.33. The minimum Gasteiger partial charge on any atom is -0.338 e. The van der Waals surface area contributed by atoms with Crippen LogP contribution >= 0.6 is 0 Å². The molecular formula is C20H20FN5O3. The molecule has 1 fully saturated rings. The maximum atomic E-state index is 13.8. The Kier molecular flexibility index (Phi) is 4.92. The highest BCUT2D eigenvalue weighted by Crippen LogP contribution is 2.33. The molecule has 150 valence electrons. The van der Waals surface area contributed by atoms with E-state index in [9.17, 15) is 14.0 Å². The molecule has 2 aliphatic heterocycles. The van der Waals surface area contributed by atoms with Gasteiger partial charge in [-0.25, -0.2) is 9.18 Å². The minimum atomic E-state index is -0.691. The first-order valence-electron chi connectivity index (χ1n) is 9.53. The lowest BCUT2D eigenvalue weighted by molar-refractivity contribution is -0.119. The van der Waals surface area contributed by atoms with Crippen molar-refractivity contribution in [2.75, 3.05) is 16.8 Å². The molecule has 2 aromatic rings. The first-order chi connectivity index (χ1) is 14.0. The lowest BCUT2D eigenvalue weighted by Gasteiger charge is -2.33. The second-order valence-corrected chi connectivity index (χ2v) is 7.33. The van der Waals surface area contributed by atoms with E-state index in [1.54, 1.807) is 15.9 Å². The average molecular weight is 397 g/mol. The van der Waals surface area contributed by atoms with Crippen molar-refractivity contribution in [1.82, 2.24) is 10.1 Å². The molecule has 1 N–H and O–H groups in total. The van der Waals surface area contributed by atoms with Crippen LogP contribution in [0.5, 0.6) is 0 Å². The number of piperidine rings is 1. The maximum Gasteiger partial charge on any atom is 0.322 e. The van der Waals surface area contributed by atoms with Crippen LogP contribution in [0.4, 0.5) is 20.8 Å². The molecule has 0 aliphatic carbocycles. The molecule has 9 heteroatoms. The summed E-state index contributed by atoms with van der Waals surface area (Å²) in [6.07, 6.45) is 2.72. The van der Waals surface area contributed by atoms with Gasteiger partial charge in [0, 0.05) is 31.1 Å². The van der Waals surface area contributed by atoms with Crippen molar-refractivity contribution in [3.05, 3.63) is 40.8 Å². The van der Waals surface area contributed by atoms with Crippen molar-refractivity contribution in [2.45, 2.75) is 45.2 Å². The van der Waals surface area contributed by atoms with Gasteiger partial charge in [-0.3, -0.25) is 9.69 Å². The normalized spacial score (nSPS) is 18.9. The summed E-state index contributed by atoms with van der Waals surface area (Å²) in [4.78, 5) is 28.3. The number of nitrogens with one attached hydrogen (secondary N) is 1. The Hall–Kier alpha value is -3.41. The largest absolute Gasteiger partial charge is 0.338 e. The predicted molar refractivity (Wildman–Crippen MR) is 102 cm³/mol. The zero-order valence-corrected chi connectivity index (χ0v) is 15.9. The highest BCUT2D eigenvalue weighted by atomic mass is 19.1. The molecule has 3 heterocycles. The van der Waals surface area contributed by atoms with Crippen molar-refractivity contribution in [3.8, 4) is 6.07 Å². The van der Waals surface area contributed by atoms with Gasteiger partial charge in [-0.1, -0.05) is 5.16 Å². The third-order valence-electron chi connectivity index (χ3n) is 5.37. The Bertz CT molecular complexity index is 1010. The Balaban J connectivity index is 1.54. The van der Waals surface area contributed by atoms with E-state index in [2.05, 4.69) is 10.5 Å². The minimum absolute atomic E-state index is 0.00196. The van der Waals surface area contributed by atoms with Gasteiger partial charge in [-0.15, -0.1) is 0 Å². The van der Waals surface area contributed by atoms with Gasteiger partial charge in [0.05, 0.1) is 23.4 Å². The molecule has 0 spiro atoms. The smallest absolute Gasteiger partial charge is 0.322 e. The zero-order valence-electron chi connectivity index (χ0n) is 15.9. The molecule has 1 aromatic heterocycles. The Morgan fingerprint density at radius 3 is 2.97 bits per heavy atom. The number of halogens is 1. The quantitative estimate of drug-likeness (QED) is 0.838. The molecule has 3 amide bonds. The number of carbonyl (C=O) groups excluding carboxylic acids is 2. The number of rotatable bonds is 2. The van der Waals surface area contributed by atoms with Gasteiger partial charge in [0.25, 0.3) is 0 Å². The number of urea groups is 1. The molecule has 4 rings (SSSR count). The molecule has 29 heavy (non-hydrogen) atoms. The van der Waals surface area contributed by atoms with E-state index in [0.717, 1.165) is 30.2 Å². The van der Waals surface area contributed by atoms with E-state index in [0.29, 0.717) is 25.3 Å². The topological polar surface area (TPSA) is 102 Å². The summed E-state index contributed by atoms with van der Waals surface area (Å²) in [5.74, 6) is -0.277. The Morgan fingerprint density at radius 2 is 2.24 bits per heavy atom. The van der Waals surface area contributed by atoms with Crippen LogP contribution in [-0.2, 0) is 17.8 Å². The van der Waals surface area contributed by atoms with E-state index in [4.69, 9.17) is 9.78 Å². The number of hydrogen-bond acceptors (Lipinski definition) is 5. The summed E-state index contributed by atoms with van der Waals surface area (Å²) < 4.78 is 19.3. The lowest BCUT2D eigenvalue weighted by Crippen LogP contribution is -2.45. The van der Waals surface area contributed by atoms with Crippen LogP contribution in [0.25, 0.3) is 0 Å². The predicted octanol–water partition coefficient (Wildman–Crippen LogP) is 3.18. The fourth-order valence-corrected chi connectivity index (χ4v) is 3.75. The first-order valence-corrected chi connectivity index (χ1v) is 9.53. The molecule has 8 nitrogen and oxygen atoms in total. The molecule has 0 radical (unpaired) electrons. The highest BCUT2D eigenvalue weighted by Gasteiger charge is 2.35. The third-order valence-corrected chi connectivity index (χ3v) is 5.37. The highest BCUT2D eigenvalue weighted by molar-refractivity contribution is 5.94. The van der Waals surface area contributed by atoms with Crippen molar-refractivity contribution in [2.24, 2.45) is 0 Å². The van der Waals surface area contributed by atoms with E-state index in [1.165, 1.54) is 12.1 Å². The number of nitrogens with zero attached hydrogens (tertiary/aromatic N) is 4. The van der Waals surface area contributed by atoms with Gasteiger partial charge in [-0.2, -0.15) is 5.26 Å². The number of amides is 3. The van der Waals surface area contributed by atoms with Crippen LogP contribution in [0.3, 0.4) is 0 Å². The molecule has 1 aromatic carbocycles. The fraction of sp³-hybridized carbons (Fsp3) is 0.400. The van der Waals surface area contributed by atoms with Crippen molar-refractivity contribution < 1.29 is 18.5 Å². The zero-order chi connectivity index (χ0) is 20.5. The first kappa shape index (κ1) is 18.9. The lowest BCUT2D eigenvalue weighted by atomic mass is 10.0. The Labute approximate surface area is 166 Å². The van der Waals surface area contributed by atoms with E-state index in [-0.39, 0.29) is 29.7 Å². The third kappa shape index (κ3) is 3.53. The van der Waals surface area contributed by atoms with Gasteiger partial charge in [0.15, 0.2) is 0 Å². The fourth-order valence-electron chi connectivity index (χ4n) is 3.75. The summed E-state index contributed by atoms with van der Waals surface area (Å²) in [6, 6.07) is 5.12. The van der Waals surface area contributed by atoms with Crippen LogP contribution in [0.15, 0.2) is 22.7 Å². The molecule has 1 unspecified atom stereocenters. The number of benzene rings is 1. The van der Waals surface area contributed by atoms with Crippen LogP contribution < -0.4 is 10.2 Å². The standard InChI is InChI=1S/C20H20FN5O3/c1-12-8-17-15(19(29-24-17)25-7-3-2-4-18(25)27)11-26(12)20(28)23-14-6-5-13(10-22)16(21)9-14/h5-6,9,12H,2-4,7-8,11H2,1H3,(H,23,28). The molecule has 1 saturated heterocycles. The molecular weight excluding hydrogens is 377 g/mol. The molecule has 2 aliphatic rings. The van der Waals surface area contributed by atoms with Gasteiger partial charge in [0.2, 0.25) is 11.8 Å². The number of carbonyl (C=O) groups is 2. The molecule has 0 saturated carbocycles. The summed E-state index contributed by atoms with van der Waals surface area (Å²) in [5.41, 5.74) is 1.67. The number of hydrogen-bond donors (Lipinski definition) is 1. The maximum absolute atomic E-state index is 13.8. The van der Waals surface area contributed by atoms with Gasteiger partial charge in [0.1, 0.15) is 11.9 Å². The van der Waals surface area contributed by atoms with Gasteiger partial charge in [-0.05, 0) is 38.0 Å². The van der Waals surface area contributed by atoms with Crippen molar-refractivity contribution in [1.29, 1.82) is 5.26 Å². The van der Waals surface area contributed by atoms with E-state index < -0.39 is 11.8 Å². The van der Waals surface area contributed by atoms with Gasteiger partial charge < -0.3 is 14.7 Å². The van der Waals surface area contributed by atoms with Crippen LogP contribution in [-0.4, -0.2) is 34.6 Å². The second kappa shape index (κ2) is 7.54. The number of nitriles is 1. The average Bonchev–Trinajstić information content (AvgIpc) is 3.10. The summed E-state index contributed by atoms with van der Waals surface area (Å²) in [5, 5.41) is 15.6. The Morgan fingerprint density at radius 1 is 1.41 bits per heavy atom. The SMILES string of the molecule is CC1Cc2noc(N3CCCCC3=O)c2CN1C(=O)Nc1ccc(C#N)c(F)c1. The van der Waals surface area contributed by atoms with Crippen molar-refractivity contribution in [3.63, 3.8) is 0 Å². The summed E-state index contributed by atoms with van der Waals surface area (Å²) in [6.45, 7) is 2.71. The van der Waals surface area contributed by atoms with Crippen LogP contribution in [0.2, 0.25) is 0 Å². The van der Waals surface area contributed by atoms with E-state index >= 15 is 0 Å². The van der Waals surface area contributed by atoms with E-state index in [1.807, 2.05) is 6.92 Å². The van der Waals surface area contributed by atoms with Crippen molar-refractivity contribution >= 4 is 23.5 Å². The molecule has 0 bridgehead atoms.